The van der Waals surface area contributed by atoms with Crippen LogP contribution in [-0.2, 0) is 32.7 Å². The molecule has 10 heteroatoms. The van der Waals surface area contributed by atoms with E-state index < -0.39 is 26.5 Å². The molecule has 0 radical (unpaired) electrons. The Bertz CT molecular complexity index is 1150. The van der Waals surface area contributed by atoms with Crippen LogP contribution in [0, 0.1) is 0 Å². The van der Waals surface area contributed by atoms with Gasteiger partial charge in [0.25, 0.3) is 7.82 Å². The number of carbonyl (C=O) groups is 2. The summed E-state index contributed by atoms with van der Waals surface area (Å²) < 4.78 is 34.1. The summed E-state index contributed by atoms with van der Waals surface area (Å²) in [5.74, 6) is -0.834. The second-order valence-electron chi connectivity index (χ2n) is 18.5. The number of hydrogen-bond acceptors (Lipinski definition) is 8. The van der Waals surface area contributed by atoms with Gasteiger partial charge in [-0.25, -0.2) is 0 Å². The highest BCUT2D eigenvalue weighted by atomic mass is 31.2. The average Bonchev–Trinajstić information content (AvgIpc) is 3.23. The van der Waals surface area contributed by atoms with Crippen LogP contribution in [0.1, 0.15) is 232 Å². The molecule has 0 aromatic heterocycles. The Morgan fingerprint density at radius 2 is 0.871 bits per heavy atom. The van der Waals surface area contributed by atoms with E-state index in [0.717, 1.165) is 51.4 Å². The summed E-state index contributed by atoms with van der Waals surface area (Å²) in [5.41, 5.74) is 0. The standard InChI is InChI=1S/C52H98NO8P/c1-6-8-10-12-14-16-18-20-22-24-26-28-30-32-34-36-38-40-42-44-51(54)58-48-50(49-60-62(56,57)59-47-46-53(3,4)5)61-52(55)45-43-41-39-37-35-33-31-29-27-25-23-21-19-17-15-13-11-9-7-2/h15,17,20-23,50H,6-14,16,18-19,24-49H2,1-5H3/b17-15-,22-20-,23-21-/t50-/m1/s1. The summed E-state index contributed by atoms with van der Waals surface area (Å²) in [7, 11) is 1.17. The van der Waals surface area contributed by atoms with Crippen molar-refractivity contribution < 1.29 is 42.1 Å². The molecule has 0 amide bonds. The molecule has 0 aliphatic carbocycles. The van der Waals surface area contributed by atoms with Gasteiger partial charge in [-0.05, 0) is 70.6 Å². The SMILES string of the molecule is CCCCC/C=C\C/C=C\CCCCCCCCCCCC(=O)O[C@H](COC(=O)CCCCCCCCCCC/C=C\CCCCCCCC)COP(=O)([O-])OCC[N+](C)(C)C. The largest absolute Gasteiger partial charge is 0.756 e. The molecule has 0 aliphatic heterocycles. The zero-order valence-corrected chi connectivity index (χ0v) is 42.0. The first-order chi connectivity index (χ1) is 30.0. The van der Waals surface area contributed by atoms with Crippen molar-refractivity contribution in [1.82, 2.24) is 0 Å². The van der Waals surface area contributed by atoms with Gasteiger partial charge in [0.1, 0.15) is 19.8 Å². The van der Waals surface area contributed by atoms with E-state index in [4.69, 9.17) is 18.5 Å². The Morgan fingerprint density at radius 3 is 1.32 bits per heavy atom. The minimum Gasteiger partial charge on any atom is -0.756 e. The quantitative estimate of drug-likeness (QED) is 0.0195. The first-order valence-corrected chi connectivity index (χ1v) is 27.2. The summed E-state index contributed by atoms with van der Waals surface area (Å²) in [4.78, 5) is 37.7. The zero-order valence-electron chi connectivity index (χ0n) is 41.1. The number of ether oxygens (including phenoxy) is 2. The lowest BCUT2D eigenvalue weighted by Crippen LogP contribution is -2.37. The number of nitrogens with zero attached hydrogens (tertiary/aromatic N) is 1. The predicted octanol–water partition coefficient (Wildman–Crippen LogP) is 14.6. The maximum absolute atomic E-state index is 12.7. The van der Waals surface area contributed by atoms with Gasteiger partial charge in [-0.3, -0.25) is 14.2 Å². The molecule has 0 spiro atoms. The lowest BCUT2D eigenvalue weighted by molar-refractivity contribution is -0.870. The van der Waals surface area contributed by atoms with Gasteiger partial charge in [-0.2, -0.15) is 0 Å². The molecule has 0 aromatic rings. The third kappa shape index (κ3) is 47.7. The number of hydrogen-bond donors (Lipinski definition) is 0. The second-order valence-corrected chi connectivity index (χ2v) is 19.9. The normalized spacial score (nSPS) is 13.7. The molecule has 0 saturated carbocycles. The van der Waals surface area contributed by atoms with Gasteiger partial charge in [0.05, 0.1) is 27.7 Å². The maximum Gasteiger partial charge on any atom is 0.306 e. The molecule has 0 bridgehead atoms. The van der Waals surface area contributed by atoms with E-state index in [9.17, 15) is 19.0 Å². The molecule has 0 aliphatic rings. The van der Waals surface area contributed by atoms with Crippen LogP contribution in [0.25, 0.3) is 0 Å². The number of rotatable bonds is 47. The number of carbonyl (C=O) groups excluding carboxylic acids is 2. The van der Waals surface area contributed by atoms with Gasteiger partial charge in [-0.15, -0.1) is 0 Å². The third-order valence-electron chi connectivity index (χ3n) is 11.1. The average molecular weight is 896 g/mol. The topological polar surface area (TPSA) is 111 Å². The summed E-state index contributed by atoms with van der Waals surface area (Å²) in [6.45, 7) is 4.22. The van der Waals surface area contributed by atoms with Gasteiger partial charge in [0.2, 0.25) is 0 Å². The molecule has 2 atom stereocenters. The number of phosphoric acid groups is 1. The Morgan fingerprint density at radius 1 is 0.500 bits per heavy atom. The molecular weight excluding hydrogens is 798 g/mol. The first-order valence-electron chi connectivity index (χ1n) is 25.7. The number of allylic oxidation sites excluding steroid dienone is 6. The molecule has 0 aromatic carbocycles. The van der Waals surface area contributed by atoms with Crippen LogP contribution >= 0.6 is 7.82 Å². The van der Waals surface area contributed by atoms with E-state index in [-0.39, 0.29) is 32.0 Å². The van der Waals surface area contributed by atoms with Crippen molar-refractivity contribution in [2.45, 2.75) is 238 Å². The highest BCUT2D eigenvalue weighted by Crippen LogP contribution is 2.38. The lowest BCUT2D eigenvalue weighted by atomic mass is 10.1. The van der Waals surface area contributed by atoms with Gasteiger partial charge >= 0.3 is 11.9 Å². The third-order valence-corrected chi connectivity index (χ3v) is 12.1. The molecule has 62 heavy (non-hydrogen) atoms. The van der Waals surface area contributed by atoms with Crippen molar-refractivity contribution in [3.63, 3.8) is 0 Å². The summed E-state index contributed by atoms with van der Waals surface area (Å²) in [6, 6.07) is 0. The van der Waals surface area contributed by atoms with Crippen molar-refractivity contribution in [3.05, 3.63) is 36.5 Å². The Labute approximate surface area is 382 Å². The Kier molecular flexibility index (Phi) is 43.2. The fraction of sp³-hybridized carbons (Fsp3) is 0.846. The van der Waals surface area contributed by atoms with E-state index in [1.807, 2.05) is 21.1 Å². The molecule has 0 N–H and O–H groups in total. The first kappa shape index (κ1) is 60.2. The van der Waals surface area contributed by atoms with Crippen LogP contribution < -0.4 is 4.89 Å². The van der Waals surface area contributed by atoms with E-state index in [1.54, 1.807) is 0 Å². The van der Waals surface area contributed by atoms with Crippen molar-refractivity contribution in [2.75, 3.05) is 47.5 Å². The van der Waals surface area contributed by atoms with Crippen LogP contribution in [0.5, 0.6) is 0 Å². The van der Waals surface area contributed by atoms with Crippen LogP contribution in [0.3, 0.4) is 0 Å². The smallest absolute Gasteiger partial charge is 0.306 e. The Hall–Kier alpha value is -1.77. The fourth-order valence-electron chi connectivity index (χ4n) is 7.09. The van der Waals surface area contributed by atoms with Crippen molar-refractivity contribution in [1.29, 1.82) is 0 Å². The molecule has 364 valence electrons. The molecular formula is C52H98NO8P. The lowest BCUT2D eigenvalue weighted by Gasteiger charge is -2.28. The predicted molar refractivity (Wildman–Crippen MR) is 259 cm³/mol. The molecule has 0 fully saturated rings. The molecule has 1 unspecified atom stereocenters. The highest BCUT2D eigenvalue weighted by molar-refractivity contribution is 7.45. The van der Waals surface area contributed by atoms with E-state index in [2.05, 4.69) is 50.3 Å². The van der Waals surface area contributed by atoms with Crippen LogP contribution in [0.4, 0.5) is 0 Å². The molecule has 0 saturated heterocycles. The van der Waals surface area contributed by atoms with Gasteiger partial charge in [0.15, 0.2) is 6.10 Å². The summed E-state index contributed by atoms with van der Waals surface area (Å²) >= 11 is 0. The second kappa shape index (κ2) is 44.4. The zero-order chi connectivity index (χ0) is 45.7. The number of quaternary nitrogens is 1. The number of likely N-dealkylation sites (N-methyl/N-ethyl adjacent to an activating group) is 1. The molecule has 0 rings (SSSR count). The van der Waals surface area contributed by atoms with E-state index in [1.165, 1.54) is 148 Å². The van der Waals surface area contributed by atoms with Crippen LogP contribution in [0.15, 0.2) is 36.5 Å². The van der Waals surface area contributed by atoms with Gasteiger partial charge in [-0.1, -0.05) is 185 Å². The van der Waals surface area contributed by atoms with Crippen molar-refractivity contribution >= 4 is 19.8 Å². The van der Waals surface area contributed by atoms with Crippen LogP contribution in [0.2, 0.25) is 0 Å². The summed E-state index contributed by atoms with van der Waals surface area (Å²) in [6.07, 6.45) is 51.6. The van der Waals surface area contributed by atoms with Crippen LogP contribution in [-0.4, -0.2) is 70.0 Å². The summed E-state index contributed by atoms with van der Waals surface area (Å²) in [5, 5.41) is 0. The van der Waals surface area contributed by atoms with Gasteiger partial charge < -0.3 is 27.9 Å². The highest BCUT2D eigenvalue weighted by Gasteiger charge is 2.21. The monoisotopic (exact) mass is 896 g/mol. The van der Waals surface area contributed by atoms with Crippen molar-refractivity contribution in [3.8, 4) is 0 Å². The molecule has 9 nitrogen and oxygen atoms in total. The van der Waals surface area contributed by atoms with Crippen molar-refractivity contribution in [2.24, 2.45) is 0 Å². The minimum atomic E-state index is -4.63. The van der Waals surface area contributed by atoms with E-state index in [0.29, 0.717) is 17.4 Å². The Balaban J connectivity index is 4.25. The van der Waals surface area contributed by atoms with Gasteiger partial charge in [0, 0.05) is 12.8 Å². The minimum absolute atomic E-state index is 0.0316. The maximum atomic E-state index is 12.7. The number of phosphoric ester groups is 1. The molecule has 0 heterocycles. The van der Waals surface area contributed by atoms with E-state index >= 15 is 0 Å². The number of unbranched alkanes of at least 4 members (excludes halogenated alkanes) is 27. The number of esters is 2. The fourth-order valence-corrected chi connectivity index (χ4v) is 7.82.